The molecule has 0 aliphatic rings. The quantitative estimate of drug-likeness (QED) is 0.354. The highest BCUT2D eigenvalue weighted by Gasteiger charge is 2.05. The van der Waals surface area contributed by atoms with Crippen LogP contribution >= 0.6 is 11.8 Å². The summed E-state index contributed by atoms with van der Waals surface area (Å²) in [5, 5.41) is 3.99. The van der Waals surface area contributed by atoms with E-state index in [0.29, 0.717) is 23.9 Å². The van der Waals surface area contributed by atoms with E-state index in [1.165, 1.54) is 11.8 Å². The van der Waals surface area contributed by atoms with Crippen LogP contribution in [0.25, 0.3) is 0 Å². The predicted octanol–water partition coefficient (Wildman–Crippen LogP) is 3.65. The molecule has 0 bridgehead atoms. The van der Waals surface area contributed by atoms with Crippen LogP contribution in [0.15, 0.2) is 60.2 Å². The Morgan fingerprint density at radius 3 is 2.61 bits per heavy atom. The highest BCUT2D eigenvalue weighted by Crippen LogP contribution is 2.27. The van der Waals surface area contributed by atoms with Gasteiger partial charge in [0.15, 0.2) is 11.5 Å². The van der Waals surface area contributed by atoms with Crippen LogP contribution in [0.4, 0.5) is 0 Å². The summed E-state index contributed by atoms with van der Waals surface area (Å²) >= 11 is 1.52. The van der Waals surface area contributed by atoms with Gasteiger partial charge in [-0.25, -0.2) is 5.43 Å². The summed E-state index contributed by atoms with van der Waals surface area (Å²) in [4.78, 5) is 11.9. The molecule has 2 rings (SSSR count). The Morgan fingerprint density at radius 2 is 1.93 bits per heavy atom. The number of methoxy groups -OCH3 is 2. The summed E-state index contributed by atoms with van der Waals surface area (Å²) in [5.41, 5.74) is 4.44. The Bertz CT molecular complexity index is 807. The van der Waals surface area contributed by atoms with Crippen molar-refractivity contribution in [1.82, 2.24) is 5.43 Å². The Hall–Kier alpha value is -2.93. The van der Waals surface area contributed by atoms with Gasteiger partial charge in [-0.15, -0.1) is 11.8 Å². The molecule has 0 unspecified atom stereocenters. The number of hydrazone groups is 1. The van der Waals surface area contributed by atoms with E-state index in [1.54, 1.807) is 38.6 Å². The van der Waals surface area contributed by atoms with Crippen LogP contribution in [0.2, 0.25) is 0 Å². The topological polar surface area (TPSA) is 69.2 Å². The van der Waals surface area contributed by atoms with Gasteiger partial charge in [0.05, 0.1) is 26.2 Å². The van der Waals surface area contributed by atoms with Crippen LogP contribution in [0, 0.1) is 0 Å². The monoisotopic (exact) mass is 400 g/mol. The SMILES string of the molecule is C=CCOc1ccc(/C=N/NC(=O)CSCc2ccc(OC)cc2)cc1OC. The molecule has 6 nitrogen and oxygen atoms in total. The minimum absolute atomic E-state index is 0.160. The van der Waals surface area contributed by atoms with Crippen molar-refractivity contribution >= 4 is 23.9 Å². The fraction of sp³-hybridized carbons (Fsp3) is 0.238. The van der Waals surface area contributed by atoms with Gasteiger partial charge in [-0.05, 0) is 41.5 Å². The second kappa shape index (κ2) is 11.7. The third kappa shape index (κ3) is 7.00. The number of rotatable bonds is 11. The standard InChI is InChI=1S/C21H24N2O4S/c1-4-11-27-19-10-7-17(12-20(19)26-3)13-22-23-21(24)15-28-14-16-5-8-18(25-2)9-6-16/h4-10,12-13H,1,11,14-15H2,2-3H3,(H,23,24)/b22-13+. The van der Waals surface area contributed by atoms with Gasteiger partial charge in [0, 0.05) is 5.75 Å². The fourth-order valence-corrected chi connectivity index (χ4v) is 3.01. The second-order valence-corrected chi connectivity index (χ2v) is 6.63. The summed E-state index contributed by atoms with van der Waals surface area (Å²) in [6.07, 6.45) is 3.23. The van der Waals surface area contributed by atoms with Crippen molar-refractivity contribution in [3.05, 3.63) is 66.2 Å². The highest BCUT2D eigenvalue weighted by atomic mass is 32.2. The first-order chi connectivity index (χ1) is 13.7. The minimum Gasteiger partial charge on any atom is -0.497 e. The molecule has 0 aromatic heterocycles. The minimum atomic E-state index is -0.160. The average molecular weight is 401 g/mol. The molecule has 1 amide bonds. The first-order valence-corrected chi connectivity index (χ1v) is 9.76. The lowest BCUT2D eigenvalue weighted by Crippen LogP contribution is -2.19. The van der Waals surface area contributed by atoms with Gasteiger partial charge < -0.3 is 14.2 Å². The van der Waals surface area contributed by atoms with Crippen LogP contribution in [0.5, 0.6) is 17.2 Å². The zero-order valence-electron chi connectivity index (χ0n) is 16.0. The van der Waals surface area contributed by atoms with Crippen LogP contribution in [-0.4, -0.2) is 38.7 Å². The molecule has 0 radical (unpaired) electrons. The lowest BCUT2D eigenvalue weighted by Gasteiger charge is -2.09. The molecule has 2 aromatic rings. The molecule has 1 N–H and O–H groups in total. The molecule has 2 aromatic carbocycles. The smallest absolute Gasteiger partial charge is 0.250 e. The maximum absolute atomic E-state index is 11.9. The van der Waals surface area contributed by atoms with Crippen LogP contribution in [0.3, 0.4) is 0 Å². The van der Waals surface area contributed by atoms with E-state index in [-0.39, 0.29) is 5.91 Å². The Balaban J connectivity index is 1.78. The van der Waals surface area contributed by atoms with Crippen molar-refractivity contribution in [3.63, 3.8) is 0 Å². The lowest BCUT2D eigenvalue weighted by atomic mass is 10.2. The van der Waals surface area contributed by atoms with Crippen molar-refractivity contribution in [2.24, 2.45) is 5.10 Å². The third-order valence-corrected chi connectivity index (χ3v) is 4.61. The molecule has 0 aliphatic carbocycles. The van der Waals surface area contributed by atoms with Crippen LogP contribution < -0.4 is 19.6 Å². The van der Waals surface area contributed by atoms with Crippen molar-refractivity contribution in [3.8, 4) is 17.2 Å². The molecule has 0 saturated heterocycles. The summed E-state index contributed by atoms with van der Waals surface area (Å²) in [6, 6.07) is 13.2. The number of amides is 1. The van der Waals surface area contributed by atoms with Gasteiger partial charge in [-0.2, -0.15) is 5.10 Å². The van der Waals surface area contributed by atoms with E-state index >= 15 is 0 Å². The molecule has 0 spiro atoms. The number of nitrogens with zero attached hydrogens (tertiary/aromatic N) is 1. The first-order valence-electron chi connectivity index (χ1n) is 8.60. The molecular formula is C21H24N2O4S. The van der Waals surface area contributed by atoms with E-state index < -0.39 is 0 Å². The predicted molar refractivity (Wildman–Crippen MR) is 114 cm³/mol. The molecule has 0 atom stereocenters. The zero-order valence-corrected chi connectivity index (χ0v) is 16.8. The zero-order chi connectivity index (χ0) is 20.2. The number of thioether (sulfide) groups is 1. The maximum Gasteiger partial charge on any atom is 0.250 e. The molecule has 7 heteroatoms. The van der Waals surface area contributed by atoms with Crippen molar-refractivity contribution in [2.75, 3.05) is 26.6 Å². The van der Waals surface area contributed by atoms with Crippen molar-refractivity contribution in [1.29, 1.82) is 0 Å². The van der Waals surface area contributed by atoms with Crippen molar-refractivity contribution < 1.29 is 19.0 Å². The van der Waals surface area contributed by atoms with Gasteiger partial charge in [0.1, 0.15) is 12.4 Å². The van der Waals surface area contributed by atoms with Crippen LogP contribution in [-0.2, 0) is 10.5 Å². The number of carbonyl (C=O) groups is 1. The molecule has 0 heterocycles. The largest absolute Gasteiger partial charge is 0.497 e. The van der Waals surface area contributed by atoms with Crippen LogP contribution in [0.1, 0.15) is 11.1 Å². The summed E-state index contributed by atoms with van der Waals surface area (Å²) in [5.74, 6) is 2.93. The van der Waals surface area contributed by atoms with E-state index in [4.69, 9.17) is 14.2 Å². The first kappa shape index (κ1) is 21.4. The average Bonchev–Trinajstić information content (AvgIpc) is 2.73. The lowest BCUT2D eigenvalue weighted by molar-refractivity contribution is -0.118. The number of benzene rings is 2. The number of carbonyl (C=O) groups excluding carboxylic acids is 1. The number of hydrogen-bond donors (Lipinski definition) is 1. The summed E-state index contributed by atoms with van der Waals surface area (Å²) in [7, 11) is 3.20. The molecule has 148 valence electrons. The summed E-state index contributed by atoms with van der Waals surface area (Å²) in [6.45, 7) is 4.01. The molecular weight excluding hydrogens is 376 g/mol. The van der Waals surface area contributed by atoms with Gasteiger partial charge >= 0.3 is 0 Å². The van der Waals surface area contributed by atoms with Gasteiger partial charge in [-0.1, -0.05) is 24.8 Å². The maximum atomic E-state index is 11.9. The van der Waals surface area contributed by atoms with Gasteiger partial charge in [-0.3, -0.25) is 4.79 Å². The van der Waals surface area contributed by atoms with E-state index in [2.05, 4.69) is 17.1 Å². The normalized spacial score (nSPS) is 10.5. The molecule has 0 fully saturated rings. The van der Waals surface area contributed by atoms with Gasteiger partial charge in [0.25, 0.3) is 0 Å². The van der Waals surface area contributed by atoms with E-state index in [0.717, 1.165) is 22.6 Å². The Kier molecular flexibility index (Phi) is 8.94. The van der Waals surface area contributed by atoms with E-state index in [9.17, 15) is 4.79 Å². The molecule has 28 heavy (non-hydrogen) atoms. The highest BCUT2D eigenvalue weighted by molar-refractivity contribution is 7.99. The molecule has 0 aliphatic heterocycles. The Morgan fingerprint density at radius 1 is 1.14 bits per heavy atom. The summed E-state index contributed by atoms with van der Waals surface area (Å²) < 4.78 is 15.9. The Labute approximate surface area is 169 Å². The molecule has 0 saturated carbocycles. The second-order valence-electron chi connectivity index (χ2n) is 5.64. The van der Waals surface area contributed by atoms with Crippen molar-refractivity contribution in [2.45, 2.75) is 5.75 Å². The number of nitrogens with one attached hydrogen (secondary N) is 1. The number of ether oxygens (including phenoxy) is 3. The van der Waals surface area contributed by atoms with E-state index in [1.807, 2.05) is 30.3 Å². The number of hydrogen-bond acceptors (Lipinski definition) is 6. The third-order valence-electron chi connectivity index (χ3n) is 3.61. The van der Waals surface area contributed by atoms with Gasteiger partial charge in [0.2, 0.25) is 5.91 Å². The fourth-order valence-electron chi connectivity index (χ4n) is 2.23.